The first-order valence-electron chi connectivity index (χ1n) is 5.93. The highest BCUT2D eigenvalue weighted by atomic mass is 16.5. The van der Waals surface area contributed by atoms with Gasteiger partial charge in [-0.25, -0.2) is 14.6 Å². The second kappa shape index (κ2) is 3.66. The van der Waals surface area contributed by atoms with E-state index in [0.29, 0.717) is 12.2 Å². The number of aliphatic carboxylic acids is 1. The van der Waals surface area contributed by atoms with Crippen LogP contribution in [0, 0.1) is 0 Å². The maximum absolute atomic E-state index is 12.3. The molecule has 3 rings (SSSR count). The van der Waals surface area contributed by atoms with E-state index in [1.54, 1.807) is 0 Å². The van der Waals surface area contributed by atoms with Crippen molar-refractivity contribution in [2.75, 3.05) is 7.11 Å². The monoisotopic (exact) mass is 264 g/mol. The fourth-order valence-corrected chi connectivity index (χ4v) is 2.73. The van der Waals surface area contributed by atoms with Gasteiger partial charge in [-0.05, 0) is 19.3 Å². The second-order valence-electron chi connectivity index (χ2n) is 5.00. The number of rotatable bonds is 2. The average molecular weight is 264 g/mol. The van der Waals surface area contributed by atoms with Crippen LogP contribution < -0.4 is 5.56 Å². The van der Waals surface area contributed by atoms with E-state index in [1.807, 2.05) is 0 Å². The van der Waals surface area contributed by atoms with Gasteiger partial charge in [-0.2, -0.15) is 0 Å². The van der Waals surface area contributed by atoms with Gasteiger partial charge in [0.05, 0.1) is 7.11 Å². The van der Waals surface area contributed by atoms with Gasteiger partial charge in [0.15, 0.2) is 0 Å². The first-order chi connectivity index (χ1) is 9.00. The normalized spacial score (nSPS) is 22.1. The highest BCUT2D eigenvalue weighted by molar-refractivity contribution is 5.88. The Kier molecular flexibility index (Phi) is 2.29. The second-order valence-corrected chi connectivity index (χ2v) is 5.00. The van der Waals surface area contributed by atoms with Crippen molar-refractivity contribution in [2.24, 2.45) is 0 Å². The van der Waals surface area contributed by atoms with Crippen molar-refractivity contribution in [3.63, 3.8) is 0 Å². The Balaban J connectivity index is 2.21. The van der Waals surface area contributed by atoms with Crippen molar-refractivity contribution < 1.29 is 19.4 Å². The predicted molar refractivity (Wildman–Crippen MR) is 62.0 cm³/mol. The maximum atomic E-state index is 12.3. The lowest BCUT2D eigenvalue weighted by Crippen LogP contribution is -2.32. The zero-order valence-electron chi connectivity index (χ0n) is 10.3. The fraction of sp³-hybridized carbons (Fsp3) is 0.500. The summed E-state index contributed by atoms with van der Waals surface area (Å²) in [6, 6.07) is -0.942. The lowest BCUT2D eigenvalue weighted by Gasteiger charge is -2.10. The molecule has 0 saturated heterocycles. The molecule has 1 atom stereocenters. The molecule has 0 radical (unpaired) electrons. The standard InChI is InChI=1S/C12H12N2O5/c1-19-10(18)6-5-13-11-12(2-3-12)4-7(9(16)17)14(11)8(6)15/h5,7H,2-4H2,1H3,(H,16,17)/t7-/m0/s1. The van der Waals surface area contributed by atoms with Crippen molar-refractivity contribution >= 4 is 11.9 Å². The van der Waals surface area contributed by atoms with E-state index in [2.05, 4.69) is 9.72 Å². The Morgan fingerprint density at radius 1 is 1.53 bits per heavy atom. The molecule has 1 saturated carbocycles. The van der Waals surface area contributed by atoms with Gasteiger partial charge in [0.1, 0.15) is 17.4 Å². The van der Waals surface area contributed by atoms with Crippen LogP contribution in [-0.2, 0) is 14.9 Å². The van der Waals surface area contributed by atoms with E-state index >= 15 is 0 Å². The molecule has 100 valence electrons. The minimum Gasteiger partial charge on any atom is -0.480 e. The van der Waals surface area contributed by atoms with Crippen molar-refractivity contribution in [2.45, 2.75) is 30.7 Å². The van der Waals surface area contributed by atoms with Gasteiger partial charge < -0.3 is 9.84 Å². The molecule has 1 fully saturated rings. The van der Waals surface area contributed by atoms with Gasteiger partial charge >= 0.3 is 11.9 Å². The van der Waals surface area contributed by atoms with E-state index in [0.717, 1.165) is 24.5 Å². The molecule has 7 heteroatoms. The van der Waals surface area contributed by atoms with E-state index in [-0.39, 0.29) is 11.0 Å². The number of carboxylic acids is 1. The van der Waals surface area contributed by atoms with Gasteiger partial charge in [-0.1, -0.05) is 0 Å². The van der Waals surface area contributed by atoms with E-state index in [1.165, 1.54) is 6.20 Å². The molecule has 0 unspecified atom stereocenters. The molecule has 1 spiro atoms. The molecule has 2 heterocycles. The Bertz CT molecular complexity index is 644. The number of hydrogen-bond acceptors (Lipinski definition) is 5. The number of carboxylic acid groups (broad SMARTS) is 1. The molecule has 19 heavy (non-hydrogen) atoms. The van der Waals surface area contributed by atoms with Crippen LogP contribution in [0.4, 0.5) is 0 Å². The number of carbonyl (C=O) groups excluding carboxylic acids is 1. The molecule has 1 aliphatic carbocycles. The molecule has 1 aromatic heterocycles. The number of nitrogens with zero attached hydrogens (tertiary/aromatic N) is 2. The van der Waals surface area contributed by atoms with Crippen molar-refractivity contribution in [3.8, 4) is 0 Å². The molecular formula is C12H12N2O5. The molecule has 0 bridgehead atoms. The summed E-state index contributed by atoms with van der Waals surface area (Å²) in [7, 11) is 1.16. The third-order valence-corrected chi connectivity index (χ3v) is 3.91. The number of carbonyl (C=O) groups is 2. The lowest BCUT2D eigenvalue weighted by molar-refractivity contribution is -0.140. The number of fused-ring (bicyclic) bond motifs is 2. The van der Waals surface area contributed by atoms with Crippen molar-refractivity contribution in [1.29, 1.82) is 0 Å². The van der Waals surface area contributed by atoms with Crippen LogP contribution in [0.5, 0.6) is 0 Å². The smallest absolute Gasteiger partial charge is 0.345 e. The zero-order valence-corrected chi connectivity index (χ0v) is 10.3. The molecule has 7 nitrogen and oxygen atoms in total. The van der Waals surface area contributed by atoms with E-state index in [9.17, 15) is 19.5 Å². The topological polar surface area (TPSA) is 98.5 Å². The summed E-state index contributed by atoms with van der Waals surface area (Å²) < 4.78 is 5.64. The minimum absolute atomic E-state index is 0.227. The molecule has 2 aliphatic rings. The highest BCUT2D eigenvalue weighted by Gasteiger charge is 2.56. The Morgan fingerprint density at radius 2 is 2.21 bits per heavy atom. The number of methoxy groups -OCH3 is 1. The maximum Gasteiger partial charge on any atom is 0.345 e. The lowest BCUT2D eigenvalue weighted by atomic mass is 10.0. The summed E-state index contributed by atoms with van der Waals surface area (Å²) >= 11 is 0. The summed E-state index contributed by atoms with van der Waals surface area (Å²) in [6.45, 7) is 0. The third kappa shape index (κ3) is 1.50. The Labute approximate surface area is 107 Å². The van der Waals surface area contributed by atoms with Crippen molar-refractivity contribution in [1.82, 2.24) is 9.55 Å². The minimum atomic E-state index is -1.07. The van der Waals surface area contributed by atoms with Gasteiger partial charge in [0.25, 0.3) is 5.56 Å². The number of ether oxygens (including phenoxy) is 1. The molecule has 1 N–H and O–H groups in total. The van der Waals surface area contributed by atoms with Crippen LogP contribution in [0.15, 0.2) is 11.0 Å². The quantitative estimate of drug-likeness (QED) is 0.760. The average Bonchev–Trinajstić information content (AvgIpc) is 3.06. The number of esters is 1. The molecular weight excluding hydrogens is 252 g/mol. The van der Waals surface area contributed by atoms with Crippen LogP contribution >= 0.6 is 0 Å². The Morgan fingerprint density at radius 3 is 2.74 bits per heavy atom. The third-order valence-electron chi connectivity index (χ3n) is 3.91. The van der Waals surface area contributed by atoms with Gasteiger partial charge in [-0.15, -0.1) is 0 Å². The largest absolute Gasteiger partial charge is 0.480 e. The first kappa shape index (κ1) is 11.9. The van der Waals surface area contributed by atoms with Gasteiger partial charge in [0.2, 0.25) is 0 Å². The molecule has 0 aromatic carbocycles. The summed E-state index contributed by atoms with van der Waals surface area (Å²) in [4.78, 5) is 39.1. The first-order valence-corrected chi connectivity index (χ1v) is 5.93. The van der Waals surface area contributed by atoms with Crippen molar-refractivity contribution in [3.05, 3.63) is 27.9 Å². The molecule has 1 aliphatic heterocycles. The SMILES string of the molecule is COC(=O)c1cnc2n(c1=O)[C@H](C(=O)O)CC21CC1. The molecule has 0 amide bonds. The summed E-state index contributed by atoms with van der Waals surface area (Å²) in [6.07, 6.45) is 3.22. The molecule has 1 aromatic rings. The number of hydrogen-bond donors (Lipinski definition) is 1. The zero-order chi connectivity index (χ0) is 13.8. The van der Waals surface area contributed by atoms with Gasteiger partial charge in [0, 0.05) is 11.6 Å². The summed E-state index contributed by atoms with van der Waals surface area (Å²) in [5, 5.41) is 9.23. The van der Waals surface area contributed by atoms with Crippen LogP contribution in [0.1, 0.15) is 41.5 Å². The van der Waals surface area contributed by atoms with Crippen LogP contribution in [-0.4, -0.2) is 33.7 Å². The van der Waals surface area contributed by atoms with E-state index in [4.69, 9.17) is 0 Å². The number of aromatic nitrogens is 2. The van der Waals surface area contributed by atoms with E-state index < -0.39 is 23.5 Å². The fourth-order valence-electron chi connectivity index (χ4n) is 2.73. The highest BCUT2D eigenvalue weighted by Crippen LogP contribution is 2.56. The van der Waals surface area contributed by atoms with Crippen LogP contribution in [0.3, 0.4) is 0 Å². The predicted octanol–water partition coefficient (Wildman–Crippen LogP) is 0.0909. The summed E-state index contributed by atoms with van der Waals surface area (Å²) in [5.74, 6) is -1.39. The van der Waals surface area contributed by atoms with Crippen LogP contribution in [0.2, 0.25) is 0 Å². The Hall–Kier alpha value is -2.18. The van der Waals surface area contributed by atoms with Gasteiger partial charge in [-0.3, -0.25) is 9.36 Å². The summed E-state index contributed by atoms with van der Waals surface area (Å²) in [5.41, 5.74) is -1.14. The van der Waals surface area contributed by atoms with Crippen LogP contribution in [0.25, 0.3) is 0 Å².